The Kier molecular flexibility index (Phi) is 7.82. The average Bonchev–Trinajstić information content (AvgIpc) is 2.41. The van der Waals surface area contributed by atoms with E-state index in [1.807, 2.05) is 18.2 Å². The molecular weight excluding hydrogens is 308 g/mol. The first kappa shape index (κ1) is 16.2. The topological polar surface area (TPSA) is 51.4 Å². The van der Waals surface area contributed by atoms with Gasteiger partial charge < -0.3 is 10.5 Å². The molecule has 1 heterocycles. The van der Waals surface area contributed by atoms with Crippen molar-refractivity contribution in [2.75, 3.05) is 0 Å². The van der Waals surface area contributed by atoms with Crippen molar-refractivity contribution in [1.29, 1.82) is 0 Å². The van der Waals surface area contributed by atoms with Crippen LogP contribution < -0.4 is 5.32 Å². The van der Waals surface area contributed by atoms with Crippen LogP contribution in [0.4, 0.5) is 0 Å². The molecule has 19 heavy (non-hydrogen) atoms. The third-order valence-corrected chi connectivity index (χ3v) is 3.19. The molecule has 2 rings (SSSR count). The van der Waals surface area contributed by atoms with Gasteiger partial charge in [-0.15, -0.1) is 0 Å². The zero-order valence-electron chi connectivity index (χ0n) is 10.6. The van der Waals surface area contributed by atoms with Crippen molar-refractivity contribution < 1.29 is 17.1 Å². The van der Waals surface area contributed by atoms with Crippen molar-refractivity contribution in [3.8, 4) is 0 Å². The minimum absolute atomic E-state index is 0. The predicted octanol–water partition coefficient (Wildman–Crippen LogP) is 2.08. The number of nitrogens with one attached hydrogen (secondary N) is 1. The molecule has 1 N–H and O–H groups in total. The molecule has 0 aromatic carbocycles. The van der Waals surface area contributed by atoms with E-state index in [0.717, 1.165) is 5.69 Å². The number of pyridine rings is 1. The first-order valence-electron chi connectivity index (χ1n) is 6.32. The summed E-state index contributed by atoms with van der Waals surface area (Å²) < 4.78 is 0. The Morgan fingerprint density at radius 1 is 1.37 bits per heavy atom. The number of hydrogen-bond donors (Lipinski definition) is 1. The van der Waals surface area contributed by atoms with E-state index in [0.29, 0.717) is 11.2 Å². The summed E-state index contributed by atoms with van der Waals surface area (Å²) in [6.45, 7) is 0. The maximum Gasteiger partial charge on any atom is 2.00 e. The van der Waals surface area contributed by atoms with E-state index in [2.05, 4.69) is 33.0 Å². The van der Waals surface area contributed by atoms with Crippen LogP contribution in [0.25, 0.3) is 5.43 Å². The van der Waals surface area contributed by atoms with E-state index in [1.54, 1.807) is 12.4 Å². The molecule has 0 aliphatic heterocycles. The van der Waals surface area contributed by atoms with Gasteiger partial charge in [0.05, 0.1) is 5.69 Å². The van der Waals surface area contributed by atoms with Crippen LogP contribution in [-0.4, -0.2) is 22.4 Å². The summed E-state index contributed by atoms with van der Waals surface area (Å²) in [5.74, 6) is 0. The molecule has 0 amide bonds. The first-order valence-corrected chi connectivity index (χ1v) is 6.77. The van der Waals surface area contributed by atoms with Crippen molar-refractivity contribution in [3.05, 3.63) is 35.5 Å². The van der Waals surface area contributed by atoms with E-state index in [4.69, 9.17) is 0 Å². The van der Waals surface area contributed by atoms with E-state index < -0.39 is 0 Å². The van der Waals surface area contributed by atoms with Crippen LogP contribution >= 0.6 is 0 Å². The molecule has 0 atom stereocenters. The molecule has 6 heteroatoms. The fraction of sp³-hybridized carbons (Fsp3) is 0.462. The quantitative estimate of drug-likeness (QED) is 0.231. The zero-order chi connectivity index (χ0) is 12.6. The van der Waals surface area contributed by atoms with Gasteiger partial charge in [0.2, 0.25) is 0 Å². The number of nitrogens with zero attached hydrogens (tertiary/aromatic N) is 3. The first-order chi connectivity index (χ1) is 8.84. The molecule has 1 aliphatic rings. The number of thiol groups is 1. The summed E-state index contributed by atoms with van der Waals surface area (Å²) >= 11 is 4.29. The molecule has 0 bridgehead atoms. The Morgan fingerprint density at radius 3 is 2.84 bits per heavy atom. The largest absolute Gasteiger partial charge is 2.00 e. The minimum atomic E-state index is 0. The summed E-state index contributed by atoms with van der Waals surface area (Å²) in [4.78, 5) is 4.13. The van der Waals surface area contributed by atoms with Gasteiger partial charge in [0.1, 0.15) is 0 Å². The van der Waals surface area contributed by atoms with Gasteiger partial charge in [-0.3, -0.25) is 10.3 Å². The molecule has 0 spiro atoms. The van der Waals surface area contributed by atoms with E-state index in [-0.39, 0.29) is 17.1 Å². The smallest absolute Gasteiger partial charge is 0.515 e. The third-order valence-electron chi connectivity index (χ3n) is 2.97. The number of aromatic nitrogens is 1. The van der Waals surface area contributed by atoms with Crippen molar-refractivity contribution in [2.45, 2.75) is 38.1 Å². The average molecular weight is 326 g/mol. The second kappa shape index (κ2) is 9.15. The maximum atomic E-state index is 4.29. The summed E-state index contributed by atoms with van der Waals surface area (Å²) in [6.07, 6.45) is 9.67. The molecule has 1 saturated carbocycles. The van der Waals surface area contributed by atoms with Crippen LogP contribution in [0, 0.1) is 0 Å². The van der Waals surface area contributed by atoms with Gasteiger partial charge in [-0.25, -0.2) is 0 Å². The van der Waals surface area contributed by atoms with Crippen LogP contribution in [0.2, 0.25) is 0 Å². The molecule has 1 radical (unpaired) electrons. The normalized spacial score (nSPS) is 16.0. The standard InChI is InChI=1S/C13H18N4S.Cu/c18-13(16-11-6-2-1-3-7-11)17-15-10-12-8-4-5-9-14-12;/h4-5,8-11H,1-3,6-7H2,(H2,14,16,17,18);/q;+2. The number of rotatable bonds is 3. The van der Waals surface area contributed by atoms with Crippen LogP contribution in [-0.2, 0) is 29.3 Å². The van der Waals surface area contributed by atoms with Crippen molar-refractivity contribution in [3.63, 3.8) is 0 Å². The monoisotopic (exact) mass is 325 g/mol. The van der Waals surface area contributed by atoms with E-state index in [1.165, 1.54) is 32.1 Å². The molecule has 1 fully saturated rings. The molecular formula is C13H18CuN4S+2. The number of hydrogen-bond acceptors (Lipinski definition) is 2. The molecule has 4 nitrogen and oxygen atoms in total. The zero-order valence-corrected chi connectivity index (χ0v) is 12.4. The Hall–Kier alpha value is -0.811. The SMILES string of the molecule is [Cu+2].[SH+]=C([N-]N=Cc1ccccn1)NC1CCCCC1. The molecule has 105 valence electrons. The van der Waals surface area contributed by atoms with Crippen LogP contribution in [0.15, 0.2) is 29.5 Å². The predicted molar refractivity (Wildman–Crippen MR) is 79.0 cm³/mol. The maximum absolute atomic E-state index is 4.29. The second-order valence-electron chi connectivity index (χ2n) is 4.40. The minimum Gasteiger partial charge on any atom is -0.515 e. The van der Waals surface area contributed by atoms with E-state index in [9.17, 15) is 0 Å². The fourth-order valence-electron chi connectivity index (χ4n) is 2.05. The van der Waals surface area contributed by atoms with Crippen molar-refractivity contribution >= 4 is 23.5 Å². The van der Waals surface area contributed by atoms with Gasteiger partial charge in [0.25, 0.3) is 0 Å². The summed E-state index contributed by atoms with van der Waals surface area (Å²) in [6, 6.07) is 6.17. The van der Waals surface area contributed by atoms with Crippen molar-refractivity contribution in [2.24, 2.45) is 5.10 Å². The van der Waals surface area contributed by atoms with E-state index >= 15 is 0 Å². The summed E-state index contributed by atoms with van der Waals surface area (Å²) in [5, 5.41) is 7.83. The van der Waals surface area contributed by atoms with Gasteiger partial charge in [-0.1, -0.05) is 25.3 Å². The Bertz CT molecular complexity index is 404. The summed E-state index contributed by atoms with van der Waals surface area (Å²) in [7, 11) is 0. The van der Waals surface area contributed by atoms with Crippen molar-refractivity contribution in [1.82, 2.24) is 10.3 Å². The van der Waals surface area contributed by atoms with Gasteiger partial charge >= 0.3 is 17.1 Å². The molecule has 1 aromatic rings. The van der Waals surface area contributed by atoms with Crippen LogP contribution in [0.3, 0.4) is 0 Å². The molecule has 1 aliphatic carbocycles. The summed E-state index contributed by atoms with van der Waals surface area (Å²) in [5.41, 5.74) is 4.80. The van der Waals surface area contributed by atoms with Crippen LogP contribution in [0.5, 0.6) is 0 Å². The second-order valence-corrected chi connectivity index (χ2v) is 4.83. The Labute approximate surface area is 129 Å². The third kappa shape index (κ3) is 6.25. The van der Waals surface area contributed by atoms with Gasteiger partial charge in [-0.05, 0) is 25.0 Å². The fourth-order valence-corrected chi connectivity index (χ4v) is 2.29. The van der Waals surface area contributed by atoms with Gasteiger partial charge in [0.15, 0.2) is 17.3 Å². The van der Waals surface area contributed by atoms with Crippen LogP contribution in [0.1, 0.15) is 37.8 Å². The van der Waals surface area contributed by atoms with Gasteiger partial charge in [-0.2, -0.15) is 0 Å². The molecule has 1 aromatic heterocycles. The Balaban J connectivity index is 0.00000180. The van der Waals surface area contributed by atoms with Gasteiger partial charge in [0, 0.05) is 18.5 Å². The Morgan fingerprint density at radius 2 is 2.16 bits per heavy atom. The molecule has 0 saturated heterocycles. The molecule has 0 unspecified atom stereocenters.